The van der Waals surface area contributed by atoms with E-state index in [1.165, 1.54) is 6.04 Å². The van der Waals surface area contributed by atoms with Crippen LogP contribution < -0.4 is 11.1 Å². The number of nitrogens with two attached hydrogens (primary N) is 1. The number of methoxy groups -OCH3 is 2. The Morgan fingerprint density at radius 1 is 1.33 bits per heavy atom. The van der Waals surface area contributed by atoms with Crippen LogP contribution in [0.5, 0.6) is 0 Å². The molecule has 0 rings (SSSR count). The van der Waals surface area contributed by atoms with Crippen LogP contribution in [0.3, 0.4) is 0 Å². The third-order valence-corrected chi connectivity index (χ3v) is 3.54. The Hall–Kier alpha value is 0.0569. The summed E-state index contributed by atoms with van der Waals surface area (Å²) in [5.74, 6) is 0.0738. The number of hydrogen-bond donors (Lipinski definition) is 2. The average Bonchev–Trinajstić information content (AvgIpc) is 2.11. The maximum absolute atomic E-state index is 5.32. The molecular weight excluding hydrogens is 172 g/mol. The number of rotatable bonds is 8. The lowest BCUT2D eigenvalue weighted by atomic mass is 10.6. The zero-order valence-corrected chi connectivity index (χ0v) is 9.42. The average molecular weight is 192 g/mol. The minimum atomic E-state index is -0.250. The maximum atomic E-state index is 5.32. The summed E-state index contributed by atoms with van der Waals surface area (Å²) in [6, 6.07) is 1.19. The summed E-state index contributed by atoms with van der Waals surface area (Å²) >= 11 is 0. The van der Waals surface area contributed by atoms with Crippen molar-refractivity contribution in [2.45, 2.75) is 12.0 Å². The van der Waals surface area contributed by atoms with Gasteiger partial charge < -0.3 is 20.5 Å². The summed E-state index contributed by atoms with van der Waals surface area (Å²) in [6.07, 6.45) is 0. The van der Waals surface area contributed by atoms with E-state index in [1.54, 1.807) is 14.2 Å². The van der Waals surface area contributed by atoms with Crippen molar-refractivity contribution >= 4 is 9.52 Å². The molecule has 0 saturated heterocycles. The van der Waals surface area contributed by atoms with Gasteiger partial charge in [0, 0.05) is 27.3 Å². The Balaban J connectivity index is 3.06. The quantitative estimate of drug-likeness (QED) is 0.285. The second kappa shape index (κ2) is 9.15. The van der Waals surface area contributed by atoms with E-state index in [9.17, 15) is 0 Å². The standard InChI is InChI=1S/C7H20N2O2Si/c1-10-7(11-2)12-6-5-9-4-3-8/h7,9H,3-6,8,12H2,1-2H3. The fraction of sp³-hybridized carbons (Fsp3) is 1.00. The third-order valence-electron chi connectivity index (χ3n) is 1.64. The van der Waals surface area contributed by atoms with Gasteiger partial charge in [-0.15, -0.1) is 0 Å². The minimum Gasteiger partial charge on any atom is -0.360 e. The molecule has 0 aliphatic carbocycles. The lowest BCUT2D eigenvalue weighted by molar-refractivity contribution is -0.0440. The van der Waals surface area contributed by atoms with Gasteiger partial charge in [-0.1, -0.05) is 0 Å². The zero-order valence-electron chi connectivity index (χ0n) is 8.01. The van der Waals surface area contributed by atoms with Crippen LogP contribution in [0.2, 0.25) is 6.04 Å². The van der Waals surface area contributed by atoms with Crippen LogP contribution in [-0.2, 0) is 9.47 Å². The first-order valence-corrected chi connectivity index (χ1v) is 6.13. The Morgan fingerprint density at radius 3 is 2.50 bits per heavy atom. The van der Waals surface area contributed by atoms with Gasteiger partial charge in [0.15, 0.2) is 0 Å². The van der Waals surface area contributed by atoms with E-state index in [1.807, 2.05) is 0 Å². The minimum absolute atomic E-state index is 0.0738. The van der Waals surface area contributed by atoms with Crippen LogP contribution >= 0.6 is 0 Å². The summed E-state index contributed by atoms with van der Waals surface area (Å²) in [5.41, 5.74) is 5.32. The number of ether oxygens (including phenoxy) is 2. The molecule has 0 spiro atoms. The fourth-order valence-electron chi connectivity index (χ4n) is 0.953. The van der Waals surface area contributed by atoms with Gasteiger partial charge in [-0.05, 0) is 12.6 Å². The van der Waals surface area contributed by atoms with Crippen molar-refractivity contribution in [3.8, 4) is 0 Å². The van der Waals surface area contributed by atoms with E-state index in [-0.39, 0.29) is 15.4 Å². The summed E-state index contributed by atoms with van der Waals surface area (Å²) in [5, 5.41) is 3.24. The van der Waals surface area contributed by atoms with Gasteiger partial charge >= 0.3 is 0 Å². The van der Waals surface area contributed by atoms with E-state index >= 15 is 0 Å². The first kappa shape index (κ1) is 12.1. The van der Waals surface area contributed by atoms with Crippen molar-refractivity contribution in [3.63, 3.8) is 0 Å². The molecule has 0 amide bonds. The van der Waals surface area contributed by atoms with Gasteiger partial charge in [0.05, 0.1) is 9.52 Å². The van der Waals surface area contributed by atoms with Gasteiger partial charge in [0.2, 0.25) is 0 Å². The topological polar surface area (TPSA) is 56.5 Å². The van der Waals surface area contributed by atoms with Gasteiger partial charge in [-0.3, -0.25) is 0 Å². The molecule has 0 unspecified atom stereocenters. The molecule has 3 N–H and O–H groups in total. The predicted octanol–water partition coefficient (Wildman–Crippen LogP) is -1.30. The van der Waals surface area contributed by atoms with Gasteiger partial charge in [0.25, 0.3) is 0 Å². The molecule has 74 valence electrons. The molecule has 12 heavy (non-hydrogen) atoms. The van der Waals surface area contributed by atoms with Crippen LogP contribution in [0.4, 0.5) is 0 Å². The third kappa shape index (κ3) is 6.75. The predicted molar refractivity (Wildman–Crippen MR) is 53.1 cm³/mol. The molecule has 0 aliphatic rings. The molecule has 0 heterocycles. The van der Waals surface area contributed by atoms with Crippen LogP contribution in [0.1, 0.15) is 0 Å². The van der Waals surface area contributed by atoms with E-state index < -0.39 is 0 Å². The van der Waals surface area contributed by atoms with Crippen molar-refractivity contribution in [3.05, 3.63) is 0 Å². The Kier molecular flexibility index (Phi) is 9.19. The molecule has 0 saturated carbocycles. The largest absolute Gasteiger partial charge is 0.360 e. The highest BCUT2D eigenvalue weighted by atomic mass is 28.2. The van der Waals surface area contributed by atoms with Gasteiger partial charge in [0.1, 0.15) is 5.91 Å². The molecule has 0 atom stereocenters. The first-order chi connectivity index (χ1) is 5.85. The molecule has 4 nitrogen and oxygen atoms in total. The normalized spacial score (nSPS) is 12.0. The van der Waals surface area contributed by atoms with E-state index in [2.05, 4.69) is 5.32 Å². The second-order valence-electron chi connectivity index (χ2n) is 2.58. The zero-order chi connectivity index (χ0) is 9.23. The van der Waals surface area contributed by atoms with Crippen molar-refractivity contribution < 1.29 is 9.47 Å². The van der Waals surface area contributed by atoms with Gasteiger partial charge in [-0.2, -0.15) is 0 Å². The van der Waals surface area contributed by atoms with Crippen molar-refractivity contribution in [1.29, 1.82) is 0 Å². The molecular formula is C7H20N2O2Si. The van der Waals surface area contributed by atoms with Crippen molar-refractivity contribution in [1.82, 2.24) is 5.32 Å². The number of nitrogens with one attached hydrogen (secondary N) is 1. The lowest BCUT2D eigenvalue weighted by Crippen LogP contribution is -2.27. The first-order valence-electron chi connectivity index (χ1n) is 4.31. The highest BCUT2D eigenvalue weighted by Gasteiger charge is 2.03. The SMILES string of the molecule is COC(OC)[SiH2]CCNCCN. The van der Waals surface area contributed by atoms with Crippen LogP contribution in [0, 0.1) is 0 Å². The smallest absolute Gasteiger partial charge is 0.134 e. The molecule has 0 radical (unpaired) electrons. The molecule has 5 heteroatoms. The highest BCUT2D eigenvalue weighted by Crippen LogP contribution is 1.90. The lowest BCUT2D eigenvalue weighted by Gasteiger charge is -2.12. The Morgan fingerprint density at radius 2 is 2.00 bits per heavy atom. The van der Waals surface area contributed by atoms with E-state index in [0.717, 1.165) is 13.1 Å². The van der Waals surface area contributed by atoms with Crippen molar-refractivity contribution in [2.24, 2.45) is 5.73 Å². The molecule has 0 aromatic heterocycles. The number of hydrogen-bond acceptors (Lipinski definition) is 4. The van der Waals surface area contributed by atoms with Crippen LogP contribution in [-0.4, -0.2) is 49.3 Å². The Bertz CT molecular complexity index is 91.5. The molecule has 0 aliphatic heterocycles. The monoisotopic (exact) mass is 192 g/mol. The summed E-state index contributed by atoms with van der Waals surface area (Å²) < 4.78 is 10.2. The molecule has 0 aromatic carbocycles. The maximum Gasteiger partial charge on any atom is 0.134 e. The van der Waals surface area contributed by atoms with Crippen LogP contribution in [0.15, 0.2) is 0 Å². The van der Waals surface area contributed by atoms with E-state index in [0.29, 0.717) is 6.54 Å². The van der Waals surface area contributed by atoms with Gasteiger partial charge in [-0.25, -0.2) is 0 Å². The summed E-state index contributed by atoms with van der Waals surface area (Å²) in [6.45, 7) is 2.64. The van der Waals surface area contributed by atoms with Crippen molar-refractivity contribution in [2.75, 3.05) is 33.9 Å². The Labute approximate surface area is 76.6 Å². The highest BCUT2D eigenvalue weighted by molar-refractivity contribution is 6.36. The molecule has 0 fully saturated rings. The van der Waals surface area contributed by atoms with E-state index in [4.69, 9.17) is 15.2 Å². The molecule has 0 bridgehead atoms. The summed E-state index contributed by atoms with van der Waals surface area (Å²) in [7, 11) is 3.13. The fourth-order valence-corrected chi connectivity index (χ4v) is 2.21. The molecule has 0 aromatic rings. The second-order valence-corrected chi connectivity index (χ2v) is 4.53. The van der Waals surface area contributed by atoms with Crippen LogP contribution in [0.25, 0.3) is 0 Å². The summed E-state index contributed by atoms with van der Waals surface area (Å²) in [4.78, 5) is 0.